The molecule has 0 aliphatic heterocycles. The molecule has 7 nitrogen and oxygen atoms in total. The molecule has 0 fully saturated rings. The van der Waals surface area contributed by atoms with Gasteiger partial charge in [-0.25, -0.2) is 9.78 Å². The number of thiophene rings is 1. The number of anilines is 1. The quantitative estimate of drug-likeness (QED) is 0.357. The summed E-state index contributed by atoms with van der Waals surface area (Å²) in [5.74, 6) is -0.623. The van der Waals surface area contributed by atoms with E-state index >= 15 is 0 Å². The van der Waals surface area contributed by atoms with E-state index in [0.717, 1.165) is 10.6 Å². The van der Waals surface area contributed by atoms with E-state index in [0.29, 0.717) is 11.4 Å². The number of carbonyl (C=O) groups excluding carboxylic acids is 1. The second-order valence-electron chi connectivity index (χ2n) is 5.59. The zero-order valence-corrected chi connectivity index (χ0v) is 15.7. The van der Waals surface area contributed by atoms with Crippen LogP contribution < -0.4 is 4.90 Å². The molecule has 0 unspecified atom stereocenters. The fourth-order valence-electron chi connectivity index (χ4n) is 2.30. The van der Waals surface area contributed by atoms with Crippen LogP contribution in [0.3, 0.4) is 0 Å². The Morgan fingerprint density at radius 3 is 2.77 bits per heavy atom. The average molecular weight is 389 g/mol. The number of carbonyl (C=O) groups is 1. The molecule has 9 heteroatoms. The van der Waals surface area contributed by atoms with Crippen molar-refractivity contribution >= 4 is 40.0 Å². The van der Waals surface area contributed by atoms with Crippen LogP contribution >= 0.6 is 22.7 Å². The molecule has 0 amide bonds. The van der Waals surface area contributed by atoms with E-state index in [1.807, 2.05) is 22.2 Å². The molecule has 3 rings (SSSR count). The summed E-state index contributed by atoms with van der Waals surface area (Å²) in [5, 5.41) is 17.7. The number of hydrogen-bond donors (Lipinski definition) is 0. The Bertz CT molecular complexity index is 935. The second-order valence-corrected chi connectivity index (χ2v) is 7.22. The van der Waals surface area contributed by atoms with Gasteiger partial charge in [0.2, 0.25) is 0 Å². The molecule has 2 aromatic heterocycles. The Hall–Kier alpha value is -2.78. The standard InChI is InChI=1S/C17H15N3O4S2/c1-19(2)15-4-3-13(20(22)23)7-14(15)17(21)24-8-12-10-26-16(18-12)11-5-6-25-9-11/h3-7,9-10H,8H2,1-2H3. The number of thiazole rings is 1. The number of benzene rings is 1. The summed E-state index contributed by atoms with van der Waals surface area (Å²) in [6, 6.07) is 6.10. The predicted molar refractivity (Wildman–Crippen MR) is 102 cm³/mol. The smallest absolute Gasteiger partial charge is 0.340 e. The monoisotopic (exact) mass is 389 g/mol. The third kappa shape index (κ3) is 3.89. The van der Waals surface area contributed by atoms with Crippen LogP contribution in [0.4, 0.5) is 11.4 Å². The predicted octanol–water partition coefficient (Wildman–Crippen LogP) is 4.20. The van der Waals surface area contributed by atoms with Gasteiger partial charge in [-0.15, -0.1) is 11.3 Å². The molecule has 0 radical (unpaired) electrons. The minimum Gasteiger partial charge on any atom is -0.455 e. The van der Waals surface area contributed by atoms with Crippen molar-refractivity contribution in [3.63, 3.8) is 0 Å². The van der Waals surface area contributed by atoms with Crippen molar-refractivity contribution in [3.8, 4) is 10.6 Å². The van der Waals surface area contributed by atoms with Gasteiger partial charge >= 0.3 is 5.97 Å². The third-order valence-corrected chi connectivity index (χ3v) is 5.19. The van der Waals surface area contributed by atoms with Crippen molar-refractivity contribution in [1.82, 2.24) is 4.98 Å². The number of rotatable bonds is 6. The molecule has 0 spiro atoms. The summed E-state index contributed by atoms with van der Waals surface area (Å²) in [6.07, 6.45) is 0. The van der Waals surface area contributed by atoms with E-state index in [-0.39, 0.29) is 17.9 Å². The van der Waals surface area contributed by atoms with E-state index < -0.39 is 10.9 Å². The fourth-order valence-corrected chi connectivity index (χ4v) is 3.82. The molecule has 0 N–H and O–H groups in total. The number of nitrogens with zero attached hydrogens (tertiary/aromatic N) is 3. The van der Waals surface area contributed by atoms with Crippen LogP contribution in [0.15, 0.2) is 40.4 Å². The zero-order chi connectivity index (χ0) is 18.7. The lowest BCUT2D eigenvalue weighted by molar-refractivity contribution is -0.384. The lowest BCUT2D eigenvalue weighted by atomic mass is 10.1. The number of nitro benzene ring substituents is 1. The highest BCUT2D eigenvalue weighted by Crippen LogP contribution is 2.27. The number of aromatic nitrogens is 1. The molecule has 26 heavy (non-hydrogen) atoms. The van der Waals surface area contributed by atoms with Gasteiger partial charge in [0.25, 0.3) is 5.69 Å². The third-order valence-electron chi connectivity index (χ3n) is 3.56. The maximum absolute atomic E-state index is 12.5. The van der Waals surface area contributed by atoms with Gasteiger partial charge in [-0.05, 0) is 17.5 Å². The SMILES string of the molecule is CN(C)c1ccc([N+](=O)[O-])cc1C(=O)OCc1csc(-c2ccsc2)n1. The Morgan fingerprint density at radius 1 is 1.31 bits per heavy atom. The number of ether oxygens (including phenoxy) is 1. The molecular weight excluding hydrogens is 374 g/mol. The van der Waals surface area contributed by atoms with E-state index in [1.54, 1.807) is 30.3 Å². The number of esters is 1. The Morgan fingerprint density at radius 2 is 2.12 bits per heavy atom. The molecule has 134 valence electrons. The van der Waals surface area contributed by atoms with E-state index in [9.17, 15) is 14.9 Å². The van der Waals surface area contributed by atoms with Crippen molar-refractivity contribution in [2.45, 2.75) is 6.61 Å². The van der Waals surface area contributed by atoms with Gasteiger partial charge < -0.3 is 9.64 Å². The van der Waals surface area contributed by atoms with Crippen molar-refractivity contribution in [2.24, 2.45) is 0 Å². The minimum atomic E-state index is -0.623. The van der Waals surface area contributed by atoms with E-state index in [1.165, 1.54) is 29.5 Å². The minimum absolute atomic E-state index is 0.00896. The average Bonchev–Trinajstić information content (AvgIpc) is 3.30. The molecule has 0 atom stereocenters. The highest BCUT2D eigenvalue weighted by atomic mass is 32.1. The van der Waals surface area contributed by atoms with Crippen LogP contribution in [0, 0.1) is 10.1 Å². The number of hydrogen-bond acceptors (Lipinski definition) is 8. The van der Waals surface area contributed by atoms with Crippen LogP contribution in [-0.2, 0) is 11.3 Å². The van der Waals surface area contributed by atoms with Crippen LogP contribution in [0.2, 0.25) is 0 Å². The Labute approximate surface area is 157 Å². The molecule has 1 aromatic carbocycles. The molecule has 0 saturated heterocycles. The summed E-state index contributed by atoms with van der Waals surface area (Å²) in [5.41, 5.74) is 2.22. The zero-order valence-electron chi connectivity index (χ0n) is 14.0. The number of nitro groups is 1. The maximum atomic E-state index is 12.5. The van der Waals surface area contributed by atoms with Crippen LogP contribution in [0.25, 0.3) is 10.6 Å². The van der Waals surface area contributed by atoms with Gasteiger partial charge in [-0.3, -0.25) is 10.1 Å². The lowest BCUT2D eigenvalue weighted by Crippen LogP contribution is -2.16. The van der Waals surface area contributed by atoms with Crippen molar-refractivity contribution < 1.29 is 14.5 Å². The maximum Gasteiger partial charge on any atom is 0.340 e. The number of non-ortho nitro benzene ring substituents is 1. The molecule has 0 saturated carbocycles. The first-order chi connectivity index (χ1) is 12.5. The fraction of sp³-hybridized carbons (Fsp3) is 0.176. The Kier molecular flexibility index (Phi) is 5.29. The summed E-state index contributed by atoms with van der Waals surface area (Å²) >= 11 is 3.06. The summed E-state index contributed by atoms with van der Waals surface area (Å²) in [4.78, 5) is 29.1. The van der Waals surface area contributed by atoms with E-state index in [4.69, 9.17) is 4.74 Å². The Balaban J connectivity index is 1.75. The highest BCUT2D eigenvalue weighted by Gasteiger charge is 2.19. The second kappa shape index (κ2) is 7.63. The van der Waals surface area contributed by atoms with Crippen LogP contribution in [0.5, 0.6) is 0 Å². The van der Waals surface area contributed by atoms with Gasteiger partial charge in [0.05, 0.1) is 21.9 Å². The van der Waals surface area contributed by atoms with Crippen LogP contribution in [-0.4, -0.2) is 30.0 Å². The van der Waals surface area contributed by atoms with Crippen LogP contribution in [0.1, 0.15) is 16.1 Å². The van der Waals surface area contributed by atoms with Gasteiger partial charge in [-0.2, -0.15) is 11.3 Å². The molecule has 3 aromatic rings. The van der Waals surface area contributed by atoms with Gasteiger partial charge in [0.15, 0.2) is 0 Å². The molecular formula is C17H15N3O4S2. The molecule has 0 aliphatic carbocycles. The van der Waals surface area contributed by atoms with Crippen molar-refractivity contribution in [2.75, 3.05) is 19.0 Å². The van der Waals surface area contributed by atoms with Gasteiger partial charge in [0, 0.05) is 42.6 Å². The van der Waals surface area contributed by atoms with Gasteiger partial charge in [-0.1, -0.05) is 0 Å². The van der Waals surface area contributed by atoms with Gasteiger partial charge in [0.1, 0.15) is 11.6 Å². The van der Waals surface area contributed by atoms with E-state index in [2.05, 4.69) is 4.98 Å². The molecule has 2 heterocycles. The first-order valence-corrected chi connectivity index (χ1v) is 9.38. The summed E-state index contributed by atoms with van der Waals surface area (Å²) < 4.78 is 5.33. The topological polar surface area (TPSA) is 85.6 Å². The lowest BCUT2D eigenvalue weighted by Gasteiger charge is -2.16. The van der Waals surface area contributed by atoms with Crippen molar-refractivity contribution in [1.29, 1.82) is 0 Å². The highest BCUT2D eigenvalue weighted by molar-refractivity contribution is 7.14. The first-order valence-electron chi connectivity index (χ1n) is 7.55. The summed E-state index contributed by atoms with van der Waals surface area (Å²) in [6.45, 7) is 0.00896. The molecule has 0 aliphatic rings. The molecule has 0 bridgehead atoms. The van der Waals surface area contributed by atoms with Crippen molar-refractivity contribution in [3.05, 3.63) is 61.8 Å². The largest absolute Gasteiger partial charge is 0.455 e. The normalized spacial score (nSPS) is 10.5. The first kappa shape index (κ1) is 18.0. The summed E-state index contributed by atoms with van der Waals surface area (Å²) in [7, 11) is 3.51.